The van der Waals surface area contributed by atoms with Crippen molar-refractivity contribution < 1.29 is 9.18 Å². The normalized spacial score (nSPS) is 24.8. The Hall–Kier alpha value is -0.890. The van der Waals surface area contributed by atoms with Crippen molar-refractivity contribution in [3.63, 3.8) is 0 Å². The molecule has 0 amide bonds. The average Bonchev–Trinajstić information content (AvgIpc) is 2.83. The number of hydrogen-bond donors (Lipinski definition) is 0. The Labute approximate surface area is 86.9 Å². The van der Waals surface area contributed by atoms with Gasteiger partial charge in [-0.1, -0.05) is 17.7 Å². The fraction of sp³-hybridized carbons (Fsp3) is 0.364. The van der Waals surface area contributed by atoms with Crippen molar-refractivity contribution in [3.8, 4) is 0 Å². The minimum absolute atomic E-state index is 0.0191. The van der Waals surface area contributed by atoms with Gasteiger partial charge in [-0.05, 0) is 37.0 Å². The lowest BCUT2D eigenvalue weighted by Crippen LogP contribution is -1.96. The predicted octanol–water partition coefficient (Wildman–Crippen LogP) is 3.17. The van der Waals surface area contributed by atoms with Crippen LogP contribution >= 0.6 is 11.6 Å². The van der Waals surface area contributed by atoms with Crippen LogP contribution < -0.4 is 0 Å². The maximum Gasteiger partial charge on any atom is 0.133 e. The molecule has 1 aromatic rings. The molecule has 0 spiro atoms. The molecule has 0 aromatic heterocycles. The van der Waals surface area contributed by atoms with Crippen LogP contribution in [0.5, 0.6) is 0 Å². The summed E-state index contributed by atoms with van der Waals surface area (Å²) in [4.78, 5) is 11.0. The highest BCUT2D eigenvalue weighted by atomic mass is 35.5. The Morgan fingerprint density at radius 3 is 2.79 bits per heavy atom. The Morgan fingerprint density at radius 2 is 2.29 bits per heavy atom. The summed E-state index contributed by atoms with van der Waals surface area (Å²) in [6, 6.07) is 4.63. The van der Waals surface area contributed by atoms with Crippen LogP contribution in [-0.2, 0) is 4.79 Å². The third kappa shape index (κ3) is 1.67. The second-order valence-electron chi connectivity index (χ2n) is 3.73. The van der Waals surface area contributed by atoms with Crippen LogP contribution in [-0.4, -0.2) is 5.78 Å². The summed E-state index contributed by atoms with van der Waals surface area (Å²) >= 11 is 5.63. The summed E-state index contributed by atoms with van der Waals surface area (Å²) in [6.07, 6.45) is 0.772. The summed E-state index contributed by atoms with van der Waals surface area (Å²) in [5, 5.41) is 0.395. The van der Waals surface area contributed by atoms with Gasteiger partial charge in [-0.15, -0.1) is 0 Å². The minimum Gasteiger partial charge on any atom is -0.300 e. The molecule has 1 fully saturated rings. The lowest BCUT2D eigenvalue weighted by molar-refractivity contribution is -0.118. The highest BCUT2D eigenvalue weighted by Gasteiger charge is 2.42. The number of halogens is 2. The number of hydrogen-bond acceptors (Lipinski definition) is 1. The van der Waals surface area contributed by atoms with E-state index in [0.717, 1.165) is 6.42 Å². The van der Waals surface area contributed by atoms with E-state index >= 15 is 0 Å². The van der Waals surface area contributed by atoms with Crippen molar-refractivity contribution >= 4 is 17.4 Å². The standard InChI is InChI=1S/C11H10ClFO/c1-6(14)9-5-10(9)8-3-2-7(12)4-11(8)13/h2-4,9-10H,5H2,1H3. The first kappa shape index (κ1) is 9.66. The third-order valence-corrected chi connectivity index (χ3v) is 2.91. The van der Waals surface area contributed by atoms with Gasteiger partial charge in [0.25, 0.3) is 0 Å². The van der Waals surface area contributed by atoms with E-state index in [-0.39, 0.29) is 23.4 Å². The van der Waals surface area contributed by atoms with Gasteiger partial charge in [-0.25, -0.2) is 4.39 Å². The van der Waals surface area contributed by atoms with E-state index < -0.39 is 0 Å². The van der Waals surface area contributed by atoms with Crippen LogP contribution in [0.4, 0.5) is 4.39 Å². The first-order valence-electron chi connectivity index (χ1n) is 4.55. The molecule has 1 aromatic carbocycles. The molecule has 2 atom stereocenters. The van der Waals surface area contributed by atoms with Crippen LogP contribution in [0.1, 0.15) is 24.8 Å². The number of Topliss-reactive ketones (excluding diaryl/α,β-unsaturated/α-hetero) is 1. The Kier molecular flexibility index (Phi) is 2.31. The van der Waals surface area contributed by atoms with E-state index in [2.05, 4.69) is 0 Å². The topological polar surface area (TPSA) is 17.1 Å². The molecule has 0 radical (unpaired) electrons. The number of carbonyl (C=O) groups is 1. The van der Waals surface area contributed by atoms with E-state index in [1.807, 2.05) is 0 Å². The van der Waals surface area contributed by atoms with Gasteiger partial charge < -0.3 is 0 Å². The molecule has 1 aliphatic carbocycles. The molecule has 0 aliphatic heterocycles. The van der Waals surface area contributed by atoms with Crippen molar-refractivity contribution in [1.82, 2.24) is 0 Å². The van der Waals surface area contributed by atoms with Gasteiger partial charge in [-0.2, -0.15) is 0 Å². The number of ketones is 1. The fourth-order valence-electron chi connectivity index (χ4n) is 1.79. The summed E-state index contributed by atoms with van der Waals surface area (Å²) < 4.78 is 13.4. The predicted molar refractivity (Wildman–Crippen MR) is 52.9 cm³/mol. The second-order valence-corrected chi connectivity index (χ2v) is 4.16. The van der Waals surface area contributed by atoms with Gasteiger partial charge in [0.15, 0.2) is 0 Å². The summed E-state index contributed by atoms with van der Waals surface area (Å²) in [5.41, 5.74) is 0.620. The lowest BCUT2D eigenvalue weighted by atomic mass is 10.1. The lowest BCUT2D eigenvalue weighted by Gasteiger charge is -2.01. The molecule has 0 N–H and O–H groups in total. The third-order valence-electron chi connectivity index (χ3n) is 2.67. The van der Waals surface area contributed by atoms with E-state index in [1.54, 1.807) is 19.1 Å². The molecule has 0 saturated heterocycles. The molecule has 14 heavy (non-hydrogen) atoms. The Balaban J connectivity index is 2.23. The van der Waals surface area contributed by atoms with Crippen molar-refractivity contribution in [2.24, 2.45) is 5.92 Å². The average molecular weight is 213 g/mol. The molecule has 2 unspecified atom stereocenters. The van der Waals surface area contributed by atoms with Gasteiger partial charge in [-0.3, -0.25) is 4.79 Å². The molecule has 1 nitrogen and oxygen atoms in total. The van der Waals surface area contributed by atoms with Crippen molar-refractivity contribution in [2.45, 2.75) is 19.3 Å². The number of benzene rings is 1. The molecular weight excluding hydrogens is 203 g/mol. The summed E-state index contributed by atoms with van der Waals surface area (Å²) in [7, 11) is 0. The van der Waals surface area contributed by atoms with Crippen molar-refractivity contribution in [3.05, 3.63) is 34.6 Å². The quantitative estimate of drug-likeness (QED) is 0.736. The van der Waals surface area contributed by atoms with E-state index in [0.29, 0.717) is 10.6 Å². The van der Waals surface area contributed by atoms with Gasteiger partial charge >= 0.3 is 0 Å². The van der Waals surface area contributed by atoms with Crippen LogP contribution in [0.25, 0.3) is 0 Å². The van der Waals surface area contributed by atoms with Crippen LogP contribution in [0.2, 0.25) is 5.02 Å². The highest BCUT2D eigenvalue weighted by Crippen LogP contribution is 2.48. The highest BCUT2D eigenvalue weighted by molar-refractivity contribution is 6.30. The Bertz CT molecular complexity index is 389. The van der Waals surface area contributed by atoms with Gasteiger partial charge in [0.05, 0.1) is 0 Å². The minimum atomic E-state index is -0.300. The fourth-order valence-corrected chi connectivity index (χ4v) is 1.95. The molecule has 1 aliphatic rings. The van der Waals surface area contributed by atoms with Crippen molar-refractivity contribution in [1.29, 1.82) is 0 Å². The first-order valence-corrected chi connectivity index (χ1v) is 4.93. The van der Waals surface area contributed by atoms with Gasteiger partial charge in [0, 0.05) is 10.9 Å². The Morgan fingerprint density at radius 1 is 1.57 bits per heavy atom. The summed E-state index contributed by atoms with van der Waals surface area (Å²) in [6.45, 7) is 1.55. The molecule has 3 heteroatoms. The van der Waals surface area contributed by atoms with E-state index in [1.165, 1.54) is 6.07 Å². The largest absolute Gasteiger partial charge is 0.300 e. The molecule has 2 rings (SSSR count). The number of rotatable bonds is 2. The zero-order chi connectivity index (χ0) is 10.3. The smallest absolute Gasteiger partial charge is 0.133 e. The zero-order valence-electron chi connectivity index (χ0n) is 7.76. The van der Waals surface area contributed by atoms with Crippen LogP contribution in [0.3, 0.4) is 0 Å². The van der Waals surface area contributed by atoms with Crippen LogP contribution in [0.15, 0.2) is 18.2 Å². The number of carbonyl (C=O) groups excluding carboxylic acids is 1. The second kappa shape index (κ2) is 3.35. The molecule has 74 valence electrons. The first-order chi connectivity index (χ1) is 6.59. The van der Waals surface area contributed by atoms with Gasteiger partial charge in [0.2, 0.25) is 0 Å². The molecule has 0 bridgehead atoms. The van der Waals surface area contributed by atoms with Crippen LogP contribution in [0, 0.1) is 11.7 Å². The zero-order valence-corrected chi connectivity index (χ0v) is 8.51. The van der Waals surface area contributed by atoms with E-state index in [4.69, 9.17) is 11.6 Å². The molecule has 1 saturated carbocycles. The monoisotopic (exact) mass is 212 g/mol. The molecule has 0 heterocycles. The maximum absolute atomic E-state index is 13.4. The summed E-state index contributed by atoms with van der Waals surface area (Å²) in [5.74, 6) is -0.0638. The SMILES string of the molecule is CC(=O)C1CC1c1ccc(Cl)cc1F. The van der Waals surface area contributed by atoms with E-state index in [9.17, 15) is 9.18 Å². The molecular formula is C11H10ClFO. The van der Waals surface area contributed by atoms with Crippen molar-refractivity contribution in [2.75, 3.05) is 0 Å². The van der Waals surface area contributed by atoms with Gasteiger partial charge in [0.1, 0.15) is 11.6 Å². The maximum atomic E-state index is 13.4.